The van der Waals surface area contributed by atoms with E-state index in [1.807, 2.05) is 19.9 Å². The lowest BCUT2D eigenvalue weighted by Gasteiger charge is -2.31. The number of nitrogens with zero attached hydrogens (tertiary/aromatic N) is 5. The van der Waals surface area contributed by atoms with Crippen molar-refractivity contribution in [2.75, 3.05) is 23.8 Å². The van der Waals surface area contributed by atoms with Gasteiger partial charge in [-0.15, -0.1) is 11.3 Å². The second-order valence-corrected chi connectivity index (χ2v) is 10.4. The maximum Gasteiger partial charge on any atom is 0.224 e. The van der Waals surface area contributed by atoms with Crippen LogP contribution in [0.2, 0.25) is 0 Å². The maximum atomic E-state index is 11.2. The number of aliphatic hydroxyl groups excluding tert-OH is 2. The van der Waals surface area contributed by atoms with Crippen molar-refractivity contribution in [2.45, 2.75) is 51.4 Å². The fourth-order valence-electron chi connectivity index (χ4n) is 4.45. The highest BCUT2D eigenvalue weighted by atomic mass is 32.1. The summed E-state index contributed by atoms with van der Waals surface area (Å²) < 4.78 is 0.972. The molecule has 178 valence electrons. The lowest BCUT2D eigenvalue weighted by Crippen LogP contribution is -2.48. The van der Waals surface area contributed by atoms with Crippen LogP contribution in [0.3, 0.4) is 0 Å². The summed E-state index contributed by atoms with van der Waals surface area (Å²) in [6.45, 7) is 3.96. The Morgan fingerprint density at radius 2 is 2.00 bits per heavy atom. The van der Waals surface area contributed by atoms with Crippen LogP contribution < -0.4 is 10.6 Å². The smallest absolute Gasteiger partial charge is 0.224 e. The number of fused-ring (bicyclic) bond motifs is 1. The summed E-state index contributed by atoms with van der Waals surface area (Å²) in [4.78, 5) is 18.3. The van der Waals surface area contributed by atoms with E-state index in [1.54, 1.807) is 6.20 Å². The second-order valence-electron chi connectivity index (χ2n) is 9.34. The number of hydrogen-bond donors (Lipinski definition) is 5. The molecule has 0 amide bonds. The Labute approximate surface area is 200 Å². The molecule has 3 aromatic rings. The molecule has 3 atom stereocenters. The fourth-order valence-corrected chi connectivity index (χ4v) is 5.56. The SMILES string of the molecule is Cc1nc(NCC2(C#N)CC2)nc(NC2(O)CCC(CO)C2O)c1-c1nc2c(C)nccc2s1. The van der Waals surface area contributed by atoms with Gasteiger partial charge in [-0.1, -0.05) is 0 Å². The highest BCUT2D eigenvalue weighted by Gasteiger charge is 2.47. The largest absolute Gasteiger partial charge is 0.396 e. The average Bonchev–Trinajstić information content (AvgIpc) is 3.38. The third-order valence-corrected chi connectivity index (χ3v) is 7.91. The average molecular weight is 482 g/mol. The number of hydrogen-bond acceptors (Lipinski definition) is 11. The summed E-state index contributed by atoms with van der Waals surface area (Å²) >= 11 is 1.47. The van der Waals surface area contributed by atoms with Crippen LogP contribution in [-0.2, 0) is 0 Å². The monoisotopic (exact) mass is 481 g/mol. The molecule has 5 rings (SSSR count). The molecule has 0 aromatic carbocycles. The lowest BCUT2D eigenvalue weighted by atomic mass is 10.0. The number of aryl methyl sites for hydroxylation is 2. The second kappa shape index (κ2) is 8.39. The first-order valence-electron chi connectivity index (χ1n) is 11.3. The van der Waals surface area contributed by atoms with E-state index in [0.29, 0.717) is 41.0 Å². The van der Waals surface area contributed by atoms with Crippen LogP contribution in [0.25, 0.3) is 20.8 Å². The molecule has 11 heteroatoms. The van der Waals surface area contributed by atoms with Gasteiger partial charge in [0, 0.05) is 25.3 Å². The maximum absolute atomic E-state index is 11.2. The highest BCUT2D eigenvalue weighted by molar-refractivity contribution is 7.21. The van der Waals surface area contributed by atoms with Crippen LogP contribution in [0.1, 0.15) is 37.1 Å². The summed E-state index contributed by atoms with van der Waals surface area (Å²) in [5, 5.41) is 47.8. The molecule has 2 saturated carbocycles. The van der Waals surface area contributed by atoms with Gasteiger partial charge in [0.05, 0.1) is 33.1 Å². The zero-order valence-corrected chi connectivity index (χ0v) is 19.9. The number of pyridine rings is 1. The van der Waals surface area contributed by atoms with Crippen LogP contribution in [0.15, 0.2) is 12.3 Å². The van der Waals surface area contributed by atoms with Crippen LogP contribution in [0.5, 0.6) is 0 Å². The predicted octanol–water partition coefficient (Wildman–Crippen LogP) is 2.34. The zero-order valence-electron chi connectivity index (χ0n) is 19.0. The van der Waals surface area contributed by atoms with Gasteiger partial charge < -0.3 is 26.0 Å². The molecule has 2 aliphatic carbocycles. The van der Waals surface area contributed by atoms with Crippen molar-refractivity contribution in [1.29, 1.82) is 5.26 Å². The Morgan fingerprint density at radius 3 is 2.65 bits per heavy atom. The summed E-state index contributed by atoms with van der Waals surface area (Å²) in [5.74, 6) is 0.239. The minimum absolute atomic E-state index is 0.214. The molecule has 3 heterocycles. The van der Waals surface area contributed by atoms with Crippen LogP contribution in [0, 0.1) is 36.5 Å². The van der Waals surface area contributed by atoms with Gasteiger partial charge in [-0.3, -0.25) is 4.98 Å². The number of aliphatic hydroxyl groups is 3. The molecule has 2 fully saturated rings. The Balaban J connectivity index is 1.56. The predicted molar refractivity (Wildman–Crippen MR) is 128 cm³/mol. The highest BCUT2D eigenvalue weighted by Crippen LogP contribution is 2.45. The number of thiazole rings is 1. The van der Waals surface area contributed by atoms with E-state index in [0.717, 1.165) is 28.8 Å². The summed E-state index contributed by atoms with van der Waals surface area (Å²) in [7, 11) is 0. The van der Waals surface area contributed by atoms with Crippen LogP contribution in [0.4, 0.5) is 11.8 Å². The molecule has 2 aliphatic rings. The first-order chi connectivity index (χ1) is 16.3. The summed E-state index contributed by atoms with van der Waals surface area (Å²) in [6.07, 6.45) is 2.99. The third-order valence-electron chi connectivity index (χ3n) is 6.87. The summed E-state index contributed by atoms with van der Waals surface area (Å²) in [6, 6.07) is 4.25. The molecule has 34 heavy (non-hydrogen) atoms. The molecular weight excluding hydrogens is 454 g/mol. The number of nitrogens with one attached hydrogen (secondary N) is 2. The number of nitriles is 1. The fraction of sp³-hybridized carbons (Fsp3) is 0.522. The first kappa shape index (κ1) is 22.9. The van der Waals surface area contributed by atoms with E-state index in [1.165, 1.54) is 11.3 Å². The molecule has 10 nitrogen and oxygen atoms in total. The van der Waals surface area contributed by atoms with Crippen molar-refractivity contribution >= 4 is 33.3 Å². The topological polar surface area (TPSA) is 160 Å². The van der Waals surface area contributed by atoms with E-state index in [4.69, 9.17) is 4.98 Å². The van der Waals surface area contributed by atoms with Crippen molar-refractivity contribution in [1.82, 2.24) is 19.9 Å². The van der Waals surface area contributed by atoms with E-state index in [-0.39, 0.29) is 18.4 Å². The molecule has 0 spiro atoms. The Bertz CT molecular complexity index is 1290. The molecule has 3 unspecified atom stereocenters. The standard InChI is InChI=1S/C23H27N7O3S/c1-12-16(20-28-17-13(2)25-8-4-15(17)34-20)19(30-23(33)5-3-14(9-31)18(23)32)29-21(27-12)26-11-22(10-24)6-7-22/h4,8,14,18,31-33H,3,5-7,9,11H2,1-2H3,(H2,26,27,29,30). The van der Waals surface area contributed by atoms with Gasteiger partial charge in [0.15, 0.2) is 5.72 Å². The van der Waals surface area contributed by atoms with Gasteiger partial charge in [0.25, 0.3) is 0 Å². The van der Waals surface area contributed by atoms with E-state index >= 15 is 0 Å². The van der Waals surface area contributed by atoms with Gasteiger partial charge in [0.1, 0.15) is 22.4 Å². The van der Waals surface area contributed by atoms with Crippen molar-refractivity contribution in [3.8, 4) is 16.6 Å². The Hall–Kier alpha value is -2.91. The van der Waals surface area contributed by atoms with Gasteiger partial charge in [-0.2, -0.15) is 10.2 Å². The number of anilines is 2. The van der Waals surface area contributed by atoms with Crippen molar-refractivity contribution in [2.24, 2.45) is 11.3 Å². The molecule has 0 saturated heterocycles. The molecule has 0 aliphatic heterocycles. The normalized spacial score (nSPS) is 25.3. The minimum Gasteiger partial charge on any atom is -0.396 e. The Morgan fingerprint density at radius 1 is 1.21 bits per heavy atom. The zero-order chi connectivity index (χ0) is 24.1. The summed E-state index contributed by atoms with van der Waals surface area (Å²) in [5.41, 5.74) is 0.837. The van der Waals surface area contributed by atoms with E-state index in [9.17, 15) is 20.6 Å². The van der Waals surface area contributed by atoms with Crippen LogP contribution >= 0.6 is 11.3 Å². The third kappa shape index (κ3) is 3.96. The minimum atomic E-state index is -1.65. The van der Waals surface area contributed by atoms with Crippen LogP contribution in [-0.4, -0.2) is 60.2 Å². The molecular formula is C23H27N7O3S. The van der Waals surface area contributed by atoms with Gasteiger partial charge in [0.2, 0.25) is 5.95 Å². The molecule has 0 radical (unpaired) electrons. The Kier molecular flexibility index (Phi) is 5.64. The van der Waals surface area contributed by atoms with Gasteiger partial charge in [-0.25, -0.2) is 9.97 Å². The van der Waals surface area contributed by atoms with Crippen molar-refractivity contribution in [3.05, 3.63) is 23.7 Å². The van der Waals surface area contributed by atoms with Gasteiger partial charge >= 0.3 is 0 Å². The molecule has 5 N–H and O–H groups in total. The van der Waals surface area contributed by atoms with Crippen molar-refractivity contribution in [3.63, 3.8) is 0 Å². The lowest BCUT2D eigenvalue weighted by molar-refractivity contribution is -0.0545. The van der Waals surface area contributed by atoms with E-state index < -0.39 is 17.7 Å². The quantitative estimate of drug-likeness (QED) is 0.317. The van der Waals surface area contributed by atoms with Crippen molar-refractivity contribution < 1.29 is 15.3 Å². The number of aromatic nitrogens is 4. The molecule has 3 aromatic heterocycles. The van der Waals surface area contributed by atoms with Gasteiger partial charge in [-0.05, 0) is 45.6 Å². The van der Waals surface area contributed by atoms with E-state index in [2.05, 4.69) is 31.7 Å². The molecule has 0 bridgehead atoms. The first-order valence-corrected chi connectivity index (χ1v) is 12.1. The number of rotatable bonds is 7.